The van der Waals surface area contributed by atoms with Crippen molar-refractivity contribution >= 4 is 23.3 Å². The third kappa shape index (κ3) is 3.69. The molecule has 0 saturated carbocycles. The zero-order valence-electron chi connectivity index (χ0n) is 14.9. The van der Waals surface area contributed by atoms with E-state index in [1.54, 1.807) is 19.2 Å². The number of fused-ring (bicyclic) bond motifs is 1. The molecule has 0 aliphatic carbocycles. The molecule has 2 heterocycles. The smallest absolute Gasteiger partial charge is 0.291 e. The molecule has 0 saturated heterocycles. The molecule has 0 radical (unpaired) electrons. The van der Waals surface area contributed by atoms with Gasteiger partial charge in [0.05, 0.1) is 6.04 Å². The van der Waals surface area contributed by atoms with E-state index in [2.05, 4.69) is 25.7 Å². The molecule has 0 aliphatic heterocycles. The van der Waals surface area contributed by atoms with Crippen molar-refractivity contribution in [3.05, 3.63) is 53.6 Å². The van der Waals surface area contributed by atoms with Gasteiger partial charge in [-0.05, 0) is 37.6 Å². The summed E-state index contributed by atoms with van der Waals surface area (Å²) in [6.45, 7) is 5.54. The van der Waals surface area contributed by atoms with E-state index < -0.39 is 0 Å². The summed E-state index contributed by atoms with van der Waals surface area (Å²) in [5.41, 5.74) is 2.48. The Morgan fingerprint density at radius 3 is 2.58 bits per heavy atom. The van der Waals surface area contributed by atoms with Crippen LogP contribution < -0.4 is 10.6 Å². The maximum atomic E-state index is 12.4. The van der Waals surface area contributed by atoms with Crippen LogP contribution in [0, 0.1) is 6.92 Å². The second-order valence-corrected chi connectivity index (χ2v) is 5.95. The minimum Gasteiger partial charge on any atom is -0.343 e. The highest BCUT2D eigenvalue weighted by atomic mass is 16.2. The van der Waals surface area contributed by atoms with Crippen LogP contribution in [0.4, 0.5) is 5.69 Å². The molecule has 2 N–H and O–H groups in total. The second-order valence-electron chi connectivity index (χ2n) is 5.95. The molecule has 1 atom stereocenters. The number of benzene rings is 1. The van der Waals surface area contributed by atoms with Gasteiger partial charge in [0.25, 0.3) is 11.7 Å². The van der Waals surface area contributed by atoms with E-state index >= 15 is 0 Å². The summed E-state index contributed by atoms with van der Waals surface area (Å²) in [4.78, 5) is 32.1. The number of nitrogens with zero attached hydrogens (tertiary/aromatic N) is 4. The summed E-state index contributed by atoms with van der Waals surface area (Å²) in [5.74, 6) is 0.0518. The average Bonchev–Trinajstić information content (AvgIpc) is 3.08. The van der Waals surface area contributed by atoms with Gasteiger partial charge >= 0.3 is 0 Å². The summed E-state index contributed by atoms with van der Waals surface area (Å²) in [7, 11) is 0. The van der Waals surface area contributed by atoms with E-state index in [0.29, 0.717) is 12.2 Å². The van der Waals surface area contributed by atoms with E-state index in [9.17, 15) is 9.59 Å². The first-order valence-corrected chi connectivity index (χ1v) is 8.37. The lowest BCUT2D eigenvalue weighted by atomic mass is 10.1. The third-order valence-corrected chi connectivity index (χ3v) is 4.00. The maximum absolute atomic E-state index is 12.4. The summed E-state index contributed by atoms with van der Waals surface area (Å²) >= 11 is 0. The Hall–Kier alpha value is -3.29. The molecule has 134 valence electrons. The Balaban J connectivity index is 1.70. The monoisotopic (exact) mass is 352 g/mol. The molecule has 0 fully saturated rings. The summed E-state index contributed by atoms with van der Waals surface area (Å²) in [6, 6.07) is 8.89. The SMILES string of the molecule is CCC(=O)Nc1ccc(C(C)NC(=O)c2nc3nccc(C)n3n2)cc1. The van der Waals surface area contributed by atoms with Crippen molar-refractivity contribution in [1.29, 1.82) is 0 Å². The Morgan fingerprint density at radius 1 is 1.19 bits per heavy atom. The van der Waals surface area contributed by atoms with Gasteiger partial charge in [0.15, 0.2) is 0 Å². The number of carbonyl (C=O) groups is 2. The molecule has 1 unspecified atom stereocenters. The highest BCUT2D eigenvalue weighted by molar-refractivity contribution is 5.91. The molecule has 3 rings (SSSR count). The zero-order chi connectivity index (χ0) is 18.7. The van der Waals surface area contributed by atoms with Gasteiger partial charge in [-0.15, -0.1) is 5.10 Å². The van der Waals surface area contributed by atoms with Crippen LogP contribution in [0.15, 0.2) is 36.5 Å². The minimum atomic E-state index is -0.370. The lowest BCUT2D eigenvalue weighted by Gasteiger charge is -2.14. The molecule has 3 aromatic rings. The van der Waals surface area contributed by atoms with Crippen molar-refractivity contribution in [2.75, 3.05) is 5.32 Å². The molecule has 26 heavy (non-hydrogen) atoms. The number of anilines is 1. The van der Waals surface area contributed by atoms with Crippen molar-refractivity contribution in [3.63, 3.8) is 0 Å². The molecule has 8 heteroatoms. The van der Waals surface area contributed by atoms with Crippen LogP contribution in [0.5, 0.6) is 0 Å². The molecule has 0 aliphatic rings. The number of aryl methyl sites for hydroxylation is 1. The van der Waals surface area contributed by atoms with Crippen LogP contribution in [0.2, 0.25) is 0 Å². The van der Waals surface area contributed by atoms with Crippen LogP contribution >= 0.6 is 0 Å². The van der Waals surface area contributed by atoms with Gasteiger partial charge in [-0.1, -0.05) is 19.1 Å². The molecular weight excluding hydrogens is 332 g/mol. The first kappa shape index (κ1) is 17.5. The molecule has 2 aromatic heterocycles. The van der Waals surface area contributed by atoms with Crippen LogP contribution in [-0.4, -0.2) is 31.4 Å². The number of aromatic nitrogens is 4. The van der Waals surface area contributed by atoms with Crippen LogP contribution in [0.3, 0.4) is 0 Å². The summed E-state index contributed by atoms with van der Waals surface area (Å²) < 4.78 is 1.53. The van der Waals surface area contributed by atoms with E-state index in [1.807, 2.05) is 38.1 Å². The number of nitrogens with one attached hydrogen (secondary N) is 2. The normalized spacial score (nSPS) is 12.0. The fraction of sp³-hybridized carbons (Fsp3) is 0.278. The Kier molecular flexibility index (Phi) is 4.92. The molecular formula is C18H20N6O2. The van der Waals surface area contributed by atoms with E-state index in [0.717, 1.165) is 16.9 Å². The average molecular weight is 352 g/mol. The van der Waals surface area contributed by atoms with Crippen molar-refractivity contribution < 1.29 is 9.59 Å². The number of amides is 2. The summed E-state index contributed by atoms with van der Waals surface area (Å²) in [6.07, 6.45) is 2.05. The van der Waals surface area contributed by atoms with E-state index in [-0.39, 0.29) is 23.7 Å². The molecule has 0 bridgehead atoms. The van der Waals surface area contributed by atoms with Gasteiger partial charge in [-0.25, -0.2) is 9.50 Å². The highest BCUT2D eigenvalue weighted by Crippen LogP contribution is 2.16. The number of hydrogen-bond donors (Lipinski definition) is 2. The van der Waals surface area contributed by atoms with Crippen LogP contribution in [0.25, 0.3) is 5.78 Å². The standard InChI is InChI=1S/C18H20N6O2/c1-4-15(25)21-14-7-5-13(6-8-14)12(3)20-17(26)16-22-18-19-10-9-11(2)24(18)23-16/h5-10,12H,4H2,1-3H3,(H,20,26)(H,21,25). The van der Waals surface area contributed by atoms with Crippen LogP contribution in [-0.2, 0) is 4.79 Å². The molecule has 1 aromatic carbocycles. The predicted molar refractivity (Wildman–Crippen MR) is 96.8 cm³/mol. The molecule has 0 spiro atoms. The van der Waals surface area contributed by atoms with E-state index in [1.165, 1.54) is 4.52 Å². The van der Waals surface area contributed by atoms with E-state index in [4.69, 9.17) is 0 Å². The largest absolute Gasteiger partial charge is 0.343 e. The fourth-order valence-corrected chi connectivity index (χ4v) is 2.45. The van der Waals surface area contributed by atoms with Gasteiger partial charge < -0.3 is 10.6 Å². The predicted octanol–water partition coefficient (Wildman–Crippen LogP) is 2.27. The zero-order valence-corrected chi connectivity index (χ0v) is 14.9. The van der Waals surface area contributed by atoms with Crippen molar-refractivity contribution in [1.82, 2.24) is 24.9 Å². The Labute approximate surface area is 150 Å². The quantitative estimate of drug-likeness (QED) is 0.733. The number of hydrogen-bond acceptors (Lipinski definition) is 5. The second kappa shape index (κ2) is 7.30. The van der Waals surface area contributed by atoms with Crippen LogP contribution in [0.1, 0.15) is 48.2 Å². The van der Waals surface area contributed by atoms with Crippen molar-refractivity contribution in [3.8, 4) is 0 Å². The van der Waals surface area contributed by atoms with Crippen molar-refractivity contribution in [2.24, 2.45) is 0 Å². The highest BCUT2D eigenvalue weighted by Gasteiger charge is 2.17. The summed E-state index contributed by atoms with van der Waals surface area (Å²) in [5, 5.41) is 9.86. The van der Waals surface area contributed by atoms with Gasteiger partial charge in [-0.2, -0.15) is 4.98 Å². The topological polar surface area (TPSA) is 101 Å². The first-order chi connectivity index (χ1) is 12.5. The lowest BCUT2D eigenvalue weighted by molar-refractivity contribution is -0.115. The number of rotatable bonds is 5. The van der Waals surface area contributed by atoms with Gasteiger partial charge in [0.1, 0.15) is 0 Å². The molecule has 2 amide bonds. The Bertz CT molecular complexity index is 948. The molecule has 8 nitrogen and oxygen atoms in total. The fourth-order valence-electron chi connectivity index (χ4n) is 2.45. The van der Waals surface area contributed by atoms with Crippen molar-refractivity contribution in [2.45, 2.75) is 33.2 Å². The number of carbonyl (C=O) groups excluding carboxylic acids is 2. The minimum absolute atomic E-state index is 0.0408. The third-order valence-electron chi connectivity index (χ3n) is 4.00. The lowest BCUT2D eigenvalue weighted by Crippen LogP contribution is -2.27. The van der Waals surface area contributed by atoms with Gasteiger partial charge in [0.2, 0.25) is 11.7 Å². The first-order valence-electron chi connectivity index (χ1n) is 8.37. The van der Waals surface area contributed by atoms with Gasteiger partial charge in [0, 0.05) is 24.0 Å². The van der Waals surface area contributed by atoms with Gasteiger partial charge in [-0.3, -0.25) is 9.59 Å². The maximum Gasteiger partial charge on any atom is 0.291 e. The Morgan fingerprint density at radius 2 is 1.92 bits per heavy atom.